The highest BCUT2D eigenvalue weighted by molar-refractivity contribution is 7.18. The van der Waals surface area contributed by atoms with Gasteiger partial charge in [0.25, 0.3) is 0 Å². The molecule has 0 saturated heterocycles. The van der Waals surface area contributed by atoms with E-state index >= 15 is 0 Å². The summed E-state index contributed by atoms with van der Waals surface area (Å²) in [6, 6.07) is 0. The van der Waals surface area contributed by atoms with Gasteiger partial charge in [-0.2, -0.15) is 0 Å². The second-order valence-corrected chi connectivity index (χ2v) is 9.82. The van der Waals surface area contributed by atoms with E-state index in [1.807, 2.05) is 6.92 Å². The van der Waals surface area contributed by atoms with Crippen molar-refractivity contribution in [1.29, 1.82) is 0 Å². The average Bonchev–Trinajstić information content (AvgIpc) is 2.25. The molecule has 0 aromatic heterocycles. The predicted octanol–water partition coefficient (Wildman–Crippen LogP) is 5.37. The zero-order chi connectivity index (χ0) is 16.9. The van der Waals surface area contributed by atoms with Crippen molar-refractivity contribution in [3.63, 3.8) is 0 Å². The van der Waals surface area contributed by atoms with E-state index in [9.17, 15) is 4.79 Å². The van der Waals surface area contributed by atoms with E-state index < -0.39 is 0 Å². The molecule has 0 saturated carbocycles. The van der Waals surface area contributed by atoms with Crippen molar-refractivity contribution in [2.75, 3.05) is 0 Å². The molecule has 1 N–H and O–H groups in total. The first-order valence-corrected chi connectivity index (χ1v) is 9.00. The van der Waals surface area contributed by atoms with Gasteiger partial charge in [-0.15, -0.1) is 9.24 Å². The van der Waals surface area contributed by atoms with Gasteiger partial charge >= 0.3 is 0 Å². The Bertz CT molecular complexity index is 332. The van der Waals surface area contributed by atoms with Crippen molar-refractivity contribution in [2.45, 2.75) is 92.8 Å². The van der Waals surface area contributed by atoms with Crippen LogP contribution >= 0.6 is 9.24 Å². The number of carbonyl (C=O) groups excluding carboxylic acids is 1. The number of nitrogens with one attached hydrogen (secondary N) is 1. The molecule has 2 unspecified atom stereocenters. The lowest BCUT2D eigenvalue weighted by Gasteiger charge is -2.46. The van der Waals surface area contributed by atoms with Crippen LogP contribution in [-0.4, -0.2) is 11.2 Å². The molecular weight excluding hydrogens is 277 g/mol. The molecule has 0 heterocycles. The highest BCUT2D eigenvalue weighted by Gasteiger charge is 2.40. The molecule has 0 bridgehead atoms. The molecule has 0 rings (SSSR count). The number of carbonyl (C=O) groups is 1. The third-order valence-corrected chi connectivity index (χ3v) is 5.32. The zero-order valence-corrected chi connectivity index (χ0v) is 16.8. The Morgan fingerprint density at radius 3 is 2.05 bits per heavy atom. The Labute approximate surface area is 135 Å². The smallest absolute Gasteiger partial charge is 0.220 e. The van der Waals surface area contributed by atoms with Crippen molar-refractivity contribution in [1.82, 2.24) is 5.32 Å². The van der Waals surface area contributed by atoms with E-state index in [0.29, 0.717) is 6.42 Å². The van der Waals surface area contributed by atoms with Gasteiger partial charge in [-0.05, 0) is 36.5 Å². The molecule has 0 radical (unpaired) electrons. The topological polar surface area (TPSA) is 29.1 Å². The first kappa shape index (κ1) is 20.9. The summed E-state index contributed by atoms with van der Waals surface area (Å²) in [6.07, 6.45) is 5.32. The second-order valence-electron chi connectivity index (χ2n) is 8.55. The molecule has 0 aliphatic carbocycles. The summed E-state index contributed by atoms with van der Waals surface area (Å²) in [6.45, 7) is 18.0. The minimum atomic E-state index is -0.230. The SMILES string of the molecule is CCC(=O)NC(C)(P)CC(C)(C)C(C)(C)CCCC(C)C. The Kier molecular flexibility index (Phi) is 7.91. The van der Waals surface area contributed by atoms with Crippen molar-refractivity contribution >= 4 is 15.1 Å². The fourth-order valence-corrected chi connectivity index (χ4v) is 3.57. The van der Waals surface area contributed by atoms with Gasteiger partial charge in [-0.1, -0.05) is 61.3 Å². The van der Waals surface area contributed by atoms with Gasteiger partial charge in [0.05, 0.1) is 5.28 Å². The maximum Gasteiger partial charge on any atom is 0.220 e. The summed E-state index contributed by atoms with van der Waals surface area (Å²) >= 11 is 0. The van der Waals surface area contributed by atoms with Gasteiger partial charge in [-0.3, -0.25) is 4.79 Å². The summed E-state index contributed by atoms with van der Waals surface area (Å²) in [7, 11) is 2.84. The quantitative estimate of drug-likeness (QED) is 0.569. The van der Waals surface area contributed by atoms with Crippen LogP contribution in [-0.2, 0) is 4.79 Å². The third kappa shape index (κ3) is 7.63. The van der Waals surface area contributed by atoms with Crippen molar-refractivity contribution < 1.29 is 4.79 Å². The van der Waals surface area contributed by atoms with Crippen molar-refractivity contribution in [2.24, 2.45) is 16.7 Å². The number of rotatable bonds is 9. The van der Waals surface area contributed by atoms with Crippen LogP contribution < -0.4 is 5.32 Å². The monoisotopic (exact) mass is 315 g/mol. The highest BCUT2D eigenvalue weighted by atomic mass is 31.0. The van der Waals surface area contributed by atoms with Crippen LogP contribution in [0.25, 0.3) is 0 Å². The van der Waals surface area contributed by atoms with E-state index in [1.165, 1.54) is 19.3 Å². The van der Waals surface area contributed by atoms with Crippen LogP contribution in [0.3, 0.4) is 0 Å². The van der Waals surface area contributed by atoms with Gasteiger partial charge in [0, 0.05) is 6.42 Å². The molecular formula is C18H38NOP. The van der Waals surface area contributed by atoms with E-state index in [2.05, 4.69) is 63.0 Å². The van der Waals surface area contributed by atoms with Crippen molar-refractivity contribution in [3.8, 4) is 0 Å². The first-order chi connectivity index (χ1) is 9.33. The van der Waals surface area contributed by atoms with Gasteiger partial charge in [-0.25, -0.2) is 0 Å². The lowest BCUT2D eigenvalue weighted by molar-refractivity contribution is -0.122. The second kappa shape index (κ2) is 7.95. The fraction of sp³-hybridized carbons (Fsp3) is 0.944. The van der Waals surface area contributed by atoms with E-state index in [1.54, 1.807) is 0 Å². The molecule has 3 heteroatoms. The van der Waals surface area contributed by atoms with Crippen LogP contribution in [0.5, 0.6) is 0 Å². The Morgan fingerprint density at radius 1 is 1.10 bits per heavy atom. The molecule has 2 atom stereocenters. The van der Waals surface area contributed by atoms with Gasteiger partial charge in [0.1, 0.15) is 0 Å². The maximum absolute atomic E-state index is 11.7. The van der Waals surface area contributed by atoms with Crippen LogP contribution in [0.1, 0.15) is 87.5 Å². The summed E-state index contributed by atoms with van der Waals surface area (Å²) in [4.78, 5) is 11.7. The molecule has 0 aromatic carbocycles. The lowest BCUT2D eigenvalue weighted by Crippen LogP contribution is -2.47. The molecule has 0 fully saturated rings. The standard InChI is InChI=1S/C18H38NOP/c1-9-15(20)19-18(8,21)13-17(6,7)16(4,5)12-10-11-14(2)3/h14H,9-13,21H2,1-8H3,(H,19,20). The lowest BCUT2D eigenvalue weighted by atomic mass is 9.62. The summed E-state index contributed by atoms with van der Waals surface area (Å²) in [5.41, 5.74) is 0.429. The van der Waals surface area contributed by atoms with Crippen molar-refractivity contribution in [3.05, 3.63) is 0 Å². The summed E-state index contributed by atoms with van der Waals surface area (Å²) in [5, 5.41) is 2.90. The van der Waals surface area contributed by atoms with Gasteiger partial charge < -0.3 is 5.32 Å². The number of amides is 1. The molecule has 2 nitrogen and oxygen atoms in total. The third-order valence-electron chi connectivity index (χ3n) is 4.97. The zero-order valence-electron chi connectivity index (χ0n) is 15.6. The Balaban J connectivity index is 4.73. The number of hydrogen-bond acceptors (Lipinski definition) is 1. The molecule has 1 amide bonds. The highest BCUT2D eigenvalue weighted by Crippen LogP contribution is 2.48. The average molecular weight is 315 g/mol. The minimum Gasteiger partial charge on any atom is -0.348 e. The molecule has 21 heavy (non-hydrogen) atoms. The fourth-order valence-electron chi connectivity index (χ4n) is 2.90. The summed E-state index contributed by atoms with van der Waals surface area (Å²) < 4.78 is 0. The molecule has 0 aliphatic rings. The van der Waals surface area contributed by atoms with Gasteiger partial charge in [0.15, 0.2) is 0 Å². The van der Waals surface area contributed by atoms with Crippen LogP contribution in [0.15, 0.2) is 0 Å². The van der Waals surface area contributed by atoms with Crippen LogP contribution in [0.4, 0.5) is 0 Å². The van der Waals surface area contributed by atoms with Crippen LogP contribution in [0, 0.1) is 16.7 Å². The molecule has 0 spiro atoms. The normalized spacial score (nSPS) is 15.9. The van der Waals surface area contributed by atoms with E-state index in [-0.39, 0.29) is 22.0 Å². The Morgan fingerprint density at radius 2 is 1.62 bits per heavy atom. The van der Waals surface area contributed by atoms with E-state index in [0.717, 1.165) is 12.3 Å². The van der Waals surface area contributed by atoms with Crippen LogP contribution in [0.2, 0.25) is 0 Å². The molecule has 0 aromatic rings. The predicted molar refractivity (Wildman–Crippen MR) is 97.4 cm³/mol. The molecule has 0 aliphatic heterocycles. The first-order valence-electron chi connectivity index (χ1n) is 8.43. The number of hydrogen-bond donors (Lipinski definition) is 1. The summed E-state index contributed by atoms with van der Waals surface area (Å²) in [5.74, 6) is 0.903. The maximum atomic E-state index is 11.7. The molecule has 126 valence electrons. The van der Waals surface area contributed by atoms with E-state index in [4.69, 9.17) is 0 Å². The Hall–Kier alpha value is -0.100. The largest absolute Gasteiger partial charge is 0.348 e. The minimum absolute atomic E-state index is 0.126. The van der Waals surface area contributed by atoms with Gasteiger partial charge in [0.2, 0.25) is 5.91 Å².